The molecular weight excluding hydrogens is 556 g/mol. The van der Waals surface area contributed by atoms with Crippen LogP contribution in [-0.4, -0.2) is 14.2 Å². The second-order valence-corrected chi connectivity index (χ2v) is 17.1. The normalized spacial score (nSPS) is 34.3. The Morgan fingerprint density at radius 3 is 1.00 bits per heavy atom. The summed E-state index contributed by atoms with van der Waals surface area (Å²) in [4.78, 5) is 0. The van der Waals surface area contributed by atoms with Crippen molar-refractivity contribution < 1.29 is 4.74 Å². The van der Waals surface area contributed by atoms with Crippen LogP contribution in [0.15, 0.2) is 103 Å². The fraction of sp³-hybridized carbons (Fsp3) is 0.600. The van der Waals surface area contributed by atoms with Crippen molar-refractivity contribution >= 4 is 0 Å². The van der Waals surface area contributed by atoms with Crippen LogP contribution < -0.4 is 0 Å². The highest BCUT2D eigenvalue weighted by Gasteiger charge is 2.54. The maximum absolute atomic E-state index is 4.25. The largest absolute Gasteiger partial charge is 0.388 e. The summed E-state index contributed by atoms with van der Waals surface area (Å²) in [6.45, 7) is 12.2. The first-order valence-electron chi connectivity index (χ1n) is 18.5. The van der Waals surface area contributed by atoms with Crippen LogP contribution in [-0.2, 0) is 4.74 Å². The monoisotopic (exact) mass is 623 g/mol. The third kappa shape index (κ3) is 10.8. The molecule has 3 aromatic carbocycles. The van der Waals surface area contributed by atoms with Gasteiger partial charge in [0.05, 0.1) is 0 Å². The van der Waals surface area contributed by atoms with Crippen LogP contribution in [0.4, 0.5) is 0 Å². The first-order valence-corrected chi connectivity index (χ1v) is 18.5. The quantitative estimate of drug-likeness (QED) is 0.242. The number of hydrogen-bond acceptors (Lipinski definition) is 1. The zero-order valence-corrected chi connectivity index (χ0v) is 30.5. The Balaban J connectivity index is 0.000000132. The van der Waals surface area contributed by atoms with Crippen molar-refractivity contribution in [3.05, 3.63) is 109 Å². The Morgan fingerprint density at radius 1 is 0.457 bits per heavy atom. The van der Waals surface area contributed by atoms with Crippen LogP contribution in [0, 0.1) is 58.7 Å². The van der Waals surface area contributed by atoms with Gasteiger partial charge in [-0.15, -0.1) is 0 Å². The number of benzene rings is 3. The molecule has 11 rings (SSSR count). The lowest BCUT2D eigenvalue weighted by atomic mass is 9.45. The molecule has 1 nitrogen and oxygen atoms in total. The van der Waals surface area contributed by atoms with Gasteiger partial charge in [-0.1, -0.05) is 136 Å². The highest BCUT2D eigenvalue weighted by Crippen LogP contribution is 2.65. The van der Waals surface area contributed by atoms with Crippen molar-refractivity contribution in [1.29, 1.82) is 0 Å². The van der Waals surface area contributed by atoms with Gasteiger partial charge in [0.1, 0.15) is 0 Å². The number of methoxy groups -OCH3 is 1. The highest BCUT2D eigenvalue weighted by atomic mass is 16.4. The van der Waals surface area contributed by atoms with Crippen LogP contribution in [0.5, 0.6) is 0 Å². The lowest BCUT2D eigenvalue weighted by molar-refractivity contribution is -0.0920. The van der Waals surface area contributed by atoms with E-state index in [0.29, 0.717) is 5.41 Å². The van der Waals surface area contributed by atoms with Gasteiger partial charge in [0.2, 0.25) is 0 Å². The molecule has 0 aliphatic heterocycles. The van der Waals surface area contributed by atoms with E-state index in [-0.39, 0.29) is 0 Å². The van der Waals surface area contributed by atoms with E-state index in [2.05, 4.69) is 51.5 Å². The van der Waals surface area contributed by atoms with Gasteiger partial charge in [-0.2, -0.15) is 0 Å². The van der Waals surface area contributed by atoms with Gasteiger partial charge in [0.25, 0.3) is 0 Å². The van der Waals surface area contributed by atoms with Crippen LogP contribution in [0.3, 0.4) is 0 Å². The number of rotatable bonds is 0. The van der Waals surface area contributed by atoms with Crippen molar-refractivity contribution in [3.8, 4) is 0 Å². The number of aryl methyl sites for hydroxylation is 1. The molecular formula is C45H66O. The molecule has 1 heteroatoms. The van der Waals surface area contributed by atoms with Gasteiger partial charge in [-0.3, -0.25) is 0 Å². The van der Waals surface area contributed by atoms with Gasteiger partial charge in [-0.05, 0) is 129 Å². The average Bonchev–Trinajstić information content (AvgIpc) is 3.02. The fourth-order valence-electron chi connectivity index (χ4n) is 10.9. The molecule has 8 fully saturated rings. The van der Waals surface area contributed by atoms with Gasteiger partial charge >= 0.3 is 0 Å². The summed E-state index contributed by atoms with van der Waals surface area (Å²) in [7, 11) is 3.25. The summed E-state index contributed by atoms with van der Waals surface area (Å²) >= 11 is 0. The number of hydrogen-bond donors (Lipinski definition) is 0. The SMILES string of the molecule is CC1(C)C2CC3CC(C2)CC1C3.CC12CC3CC(C1)CC(C)(C3)C2.COC.Cc1ccccc1.c1ccccc1.c1ccccc1. The maximum Gasteiger partial charge on any atom is 0.0351 e. The molecule has 0 amide bonds. The maximum atomic E-state index is 4.25. The van der Waals surface area contributed by atoms with Crippen LogP contribution >= 0.6 is 0 Å². The molecule has 0 heterocycles. The molecule has 8 saturated carbocycles. The van der Waals surface area contributed by atoms with E-state index in [4.69, 9.17) is 0 Å². The molecule has 8 aliphatic rings. The second-order valence-electron chi connectivity index (χ2n) is 17.1. The second kappa shape index (κ2) is 17.1. The average molecular weight is 623 g/mol. The molecule has 0 spiro atoms. The minimum Gasteiger partial charge on any atom is -0.388 e. The van der Waals surface area contributed by atoms with Crippen LogP contribution in [0.25, 0.3) is 0 Å². The van der Waals surface area contributed by atoms with E-state index in [1.165, 1.54) is 12.0 Å². The highest BCUT2D eigenvalue weighted by molar-refractivity contribution is 5.11. The first kappa shape index (κ1) is 36.5. The molecule has 0 aromatic heterocycles. The summed E-state index contributed by atoms with van der Waals surface area (Å²) in [6.07, 6.45) is 17.2. The van der Waals surface area contributed by atoms with E-state index in [1.807, 2.05) is 91.0 Å². The molecule has 46 heavy (non-hydrogen) atoms. The predicted octanol–water partition coefficient (Wildman–Crippen LogP) is 12.7. The Morgan fingerprint density at radius 2 is 0.739 bits per heavy atom. The summed E-state index contributed by atoms with van der Waals surface area (Å²) in [6, 6.07) is 34.3. The fourth-order valence-corrected chi connectivity index (χ4v) is 10.9. The zero-order chi connectivity index (χ0) is 33.0. The Kier molecular flexibility index (Phi) is 13.6. The van der Waals surface area contributed by atoms with Crippen molar-refractivity contribution in [2.45, 2.75) is 105 Å². The molecule has 0 N–H and O–H groups in total. The Bertz CT molecular complexity index is 1070. The summed E-state index contributed by atoms with van der Waals surface area (Å²) < 4.78 is 4.25. The van der Waals surface area contributed by atoms with Crippen LogP contribution in [0.2, 0.25) is 0 Å². The lowest BCUT2D eigenvalue weighted by Crippen LogP contribution is -2.49. The Labute approximate surface area is 284 Å². The van der Waals surface area contributed by atoms with Gasteiger partial charge in [0, 0.05) is 14.2 Å². The smallest absolute Gasteiger partial charge is 0.0351 e. The molecule has 3 aromatic rings. The summed E-state index contributed by atoms with van der Waals surface area (Å²) in [5.74, 6) is 6.69. The topological polar surface area (TPSA) is 9.23 Å². The lowest BCUT2D eigenvalue weighted by Gasteiger charge is -2.60. The zero-order valence-electron chi connectivity index (χ0n) is 30.5. The van der Waals surface area contributed by atoms with Crippen molar-refractivity contribution in [1.82, 2.24) is 0 Å². The van der Waals surface area contributed by atoms with Gasteiger partial charge in [-0.25, -0.2) is 0 Å². The van der Waals surface area contributed by atoms with E-state index < -0.39 is 0 Å². The summed E-state index contributed by atoms with van der Waals surface area (Å²) in [5.41, 5.74) is 3.55. The minimum atomic E-state index is 0.702. The van der Waals surface area contributed by atoms with Crippen molar-refractivity contribution in [2.24, 2.45) is 51.8 Å². The van der Waals surface area contributed by atoms with E-state index in [0.717, 1.165) is 46.3 Å². The molecule has 0 unspecified atom stereocenters. The minimum absolute atomic E-state index is 0.702. The Hall–Kier alpha value is -2.38. The molecule has 8 bridgehead atoms. The molecule has 0 atom stereocenters. The molecule has 8 aliphatic carbocycles. The van der Waals surface area contributed by atoms with E-state index in [9.17, 15) is 0 Å². The third-order valence-electron chi connectivity index (χ3n) is 12.2. The molecule has 0 radical (unpaired) electrons. The van der Waals surface area contributed by atoms with Crippen molar-refractivity contribution in [3.63, 3.8) is 0 Å². The van der Waals surface area contributed by atoms with E-state index >= 15 is 0 Å². The standard InChI is InChI=1S/2C12H20.C7H8.2C6H6.C2H6O/c1-11-4-9-3-10(5-11)7-12(2,6-9)8-11;1-12(2)10-4-8-3-9(6-10)7-11(12)5-8;1-7-5-3-2-4-6-7;2*1-2-4-6-5-3-1;1-3-2/h9-10H,3-8H2,1-2H3;8-11H,3-7H2,1-2H3;2-6H,1H3;2*1-6H;1-2H3. The molecule has 0 saturated heterocycles. The van der Waals surface area contributed by atoms with Gasteiger partial charge in [0.15, 0.2) is 0 Å². The van der Waals surface area contributed by atoms with Crippen molar-refractivity contribution in [2.75, 3.05) is 14.2 Å². The molecule has 252 valence electrons. The van der Waals surface area contributed by atoms with E-state index in [1.54, 1.807) is 78.4 Å². The predicted molar refractivity (Wildman–Crippen MR) is 199 cm³/mol. The third-order valence-corrected chi connectivity index (χ3v) is 12.2. The number of ether oxygens (including phenoxy) is 1. The van der Waals surface area contributed by atoms with Crippen LogP contribution in [0.1, 0.15) is 104 Å². The van der Waals surface area contributed by atoms with Gasteiger partial charge < -0.3 is 4.74 Å². The first-order chi connectivity index (χ1) is 22.0. The summed E-state index contributed by atoms with van der Waals surface area (Å²) in [5, 5.41) is 0.